The Morgan fingerprint density at radius 3 is 3.17 bits per heavy atom. The Morgan fingerprint density at radius 2 is 2.50 bits per heavy atom. The molecule has 1 aliphatic heterocycles. The lowest BCUT2D eigenvalue weighted by molar-refractivity contribution is -0.127. The van der Waals surface area contributed by atoms with Crippen molar-refractivity contribution in [3.63, 3.8) is 0 Å². The smallest absolute Gasteiger partial charge is 0.238 e. The quantitative estimate of drug-likeness (QED) is 0.698. The van der Waals surface area contributed by atoms with Gasteiger partial charge in [0.15, 0.2) is 0 Å². The van der Waals surface area contributed by atoms with E-state index in [0.717, 1.165) is 18.8 Å². The second-order valence-electron chi connectivity index (χ2n) is 4.47. The fourth-order valence-electron chi connectivity index (χ4n) is 2.16. The van der Waals surface area contributed by atoms with Crippen LogP contribution in [0.5, 0.6) is 0 Å². The van der Waals surface area contributed by atoms with E-state index in [0.29, 0.717) is 19.6 Å². The summed E-state index contributed by atoms with van der Waals surface area (Å²) in [7, 11) is 1.84. The van der Waals surface area contributed by atoms with Crippen LogP contribution in [-0.2, 0) is 18.4 Å². The normalized spacial score (nSPS) is 20.9. The molecule has 0 radical (unpaired) electrons. The molecule has 0 bridgehead atoms. The van der Waals surface area contributed by atoms with E-state index in [9.17, 15) is 4.79 Å². The minimum Gasteiger partial charge on any atom is -0.355 e. The maximum atomic E-state index is 12.0. The third-order valence-corrected chi connectivity index (χ3v) is 3.02. The maximum absolute atomic E-state index is 12.0. The minimum absolute atomic E-state index is 0.0774. The Morgan fingerprint density at radius 1 is 1.67 bits per heavy atom. The SMILES string of the molecule is CCNC(=O)C1CNCCN1Cc1cn(C)nn1. The largest absolute Gasteiger partial charge is 0.355 e. The molecule has 2 N–H and O–H groups in total. The van der Waals surface area contributed by atoms with Gasteiger partial charge in [0.2, 0.25) is 5.91 Å². The van der Waals surface area contributed by atoms with Gasteiger partial charge in [-0.3, -0.25) is 14.4 Å². The molecule has 0 saturated carbocycles. The van der Waals surface area contributed by atoms with E-state index in [1.807, 2.05) is 20.2 Å². The second kappa shape index (κ2) is 5.92. The fraction of sp³-hybridized carbons (Fsp3) is 0.727. The number of carbonyl (C=O) groups is 1. The monoisotopic (exact) mass is 252 g/mol. The molecule has 7 nitrogen and oxygen atoms in total. The van der Waals surface area contributed by atoms with Gasteiger partial charge in [0.05, 0.1) is 5.69 Å². The summed E-state index contributed by atoms with van der Waals surface area (Å²) in [5.41, 5.74) is 0.897. The van der Waals surface area contributed by atoms with Crippen molar-refractivity contribution in [1.29, 1.82) is 0 Å². The summed E-state index contributed by atoms with van der Waals surface area (Å²) in [6, 6.07) is -0.124. The van der Waals surface area contributed by atoms with Crippen LogP contribution in [0.4, 0.5) is 0 Å². The Hall–Kier alpha value is -1.47. The van der Waals surface area contributed by atoms with E-state index < -0.39 is 0 Å². The first-order valence-electron chi connectivity index (χ1n) is 6.28. The molecule has 2 heterocycles. The molecule has 18 heavy (non-hydrogen) atoms. The average molecular weight is 252 g/mol. The number of aromatic nitrogens is 3. The first kappa shape index (κ1) is 13.0. The van der Waals surface area contributed by atoms with E-state index in [1.165, 1.54) is 0 Å². The van der Waals surface area contributed by atoms with Gasteiger partial charge in [-0.15, -0.1) is 5.10 Å². The first-order chi connectivity index (χ1) is 8.70. The lowest BCUT2D eigenvalue weighted by Crippen LogP contribution is -2.57. The molecule has 100 valence electrons. The summed E-state index contributed by atoms with van der Waals surface area (Å²) in [5, 5.41) is 14.1. The van der Waals surface area contributed by atoms with Gasteiger partial charge in [-0.2, -0.15) is 0 Å². The highest BCUT2D eigenvalue weighted by atomic mass is 16.2. The van der Waals surface area contributed by atoms with E-state index in [1.54, 1.807) is 4.68 Å². The Balaban J connectivity index is 2.01. The van der Waals surface area contributed by atoms with Crippen molar-refractivity contribution in [2.45, 2.75) is 19.5 Å². The molecule has 0 spiro atoms. The van der Waals surface area contributed by atoms with Crippen LogP contribution >= 0.6 is 0 Å². The summed E-state index contributed by atoms with van der Waals surface area (Å²) in [5.74, 6) is 0.0774. The van der Waals surface area contributed by atoms with Gasteiger partial charge in [-0.1, -0.05) is 5.21 Å². The first-order valence-corrected chi connectivity index (χ1v) is 6.28. The molecule has 1 aromatic heterocycles. The number of carbonyl (C=O) groups excluding carboxylic acids is 1. The van der Waals surface area contributed by atoms with Crippen molar-refractivity contribution >= 4 is 5.91 Å². The molecule has 1 atom stereocenters. The summed E-state index contributed by atoms with van der Waals surface area (Å²) >= 11 is 0. The lowest BCUT2D eigenvalue weighted by atomic mass is 10.1. The molecule has 1 aromatic rings. The summed E-state index contributed by atoms with van der Waals surface area (Å²) in [6.45, 7) is 5.69. The topological polar surface area (TPSA) is 75.1 Å². The van der Waals surface area contributed by atoms with Gasteiger partial charge in [0.1, 0.15) is 6.04 Å². The fourth-order valence-corrected chi connectivity index (χ4v) is 2.16. The van der Waals surface area contributed by atoms with Gasteiger partial charge in [0.25, 0.3) is 0 Å². The van der Waals surface area contributed by atoms with E-state index in [4.69, 9.17) is 0 Å². The van der Waals surface area contributed by atoms with Crippen molar-refractivity contribution < 1.29 is 4.79 Å². The average Bonchev–Trinajstić information content (AvgIpc) is 2.76. The lowest BCUT2D eigenvalue weighted by Gasteiger charge is -2.34. The number of rotatable bonds is 4. The minimum atomic E-state index is -0.124. The molecular weight excluding hydrogens is 232 g/mol. The maximum Gasteiger partial charge on any atom is 0.238 e. The van der Waals surface area contributed by atoms with E-state index in [-0.39, 0.29) is 11.9 Å². The molecule has 0 aromatic carbocycles. The number of nitrogens with zero attached hydrogens (tertiary/aromatic N) is 4. The number of nitrogens with one attached hydrogen (secondary N) is 2. The van der Waals surface area contributed by atoms with Crippen molar-refractivity contribution in [2.75, 3.05) is 26.2 Å². The van der Waals surface area contributed by atoms with Crippen LogP contribution < -0.4 is 10.6 Å². The molecule has 1 saturated heterocycles. The number of hydrogen-bond acceptors (Lipinski definition) is 5. The van der Waals surface area contributed by atoms with Gasteiger partial charge in [-0.05, 0) is 6.92 Å². The zero-order chi connectivity index (χ0) is 13.0. The van der Waals surface area contributed by atoms with Crippen LogP contribution in [-0.4, -0.2) is 58.0 Å². The highest BCUT2D eigenvalue weighted by Crippen LogP contribution is 2.08. The van der Waals surface area contributed by atoms with Crippen LogP contribution in [0.3, 0.4) is 0 Å². The molecule has 0 aliphatic carbocycles. The number of hydrogen-bond donors (Lipinski definition) is 2. The number of piperazine rings is 1. The zero-order valence-corrected chi connectivity index (χ0v) is 10.9. The van der Waals surface area contributed by atoms with Crippen molar-refractivity contribution in [2.24, 2.45) is 7.05 Å². The highest BCUT2D eigenvalue weighted by Gasteiger charge is 2.28. The molecule has 1 aliphatic rings. The van der Waals surface area contributed by atoms with E-state index in [2.05, 4.69) is 25.8 Å². The third kappa shape index (κ3) is 3.05. The highest BCUT2D eigenvalue weighted by molar-refractivity contribution is 5.82. The zero-order valence-electron chi connectivity index (χ0n) is 10.9. The standard InChI is InChI=1S/C11H20N6O/c1-3-13-11(18)10-6-12-4-5-17(10)8-9-7-16(2)15-14-9/h7,10,12H,3-6,8H2,1-2H3,(H,13,18). The third-order valence-electron chi connectivity index (χ3n) is 3.02. The van der Waals surface area contributed by atoms with Crippen LogP contribution in [0.1, 0.15) is 12.6 Å². The predicted octanol–water partition coefficient (Wildman–Crippen LogP) is -1.27. The van der Waals surface area contributed by atoms with Gasteiger partial charge >= 0.3 is 0 Å². The van der Waals surface area contributed by atoms with E-state index >= 15 is 0 Å². The summed E-state index contributed by atoms with van der Waals surface area (Å²) < 4.78 is 1.68. The number of amides is 1. The molecule has 7 heteroatoms. The van der Waals surface area contributed by atoms with Crippen molar-refractivity contribution in [1.82, 2.24) is 30.5 Å². The molecule has 1 unspecified atom stereocenters. The Bertz CT molecular complexity index is 404. The van der Waals surface area contributed by atoms with Crippen LogP contribution in [0.15, 0.2) is 6.20 Å². The molecular formula is C11H20N6O. The van der Waals surface area contributed by atoms with Gasteiger partial charge in [-0.25, -0.2) is 0 Å². The van der Waals surface area contributed by atoms with Gasteiger partial charge in [0, 0.05) is 46.0 Å². The van der Waals surface area contributed by atoms with Crippen molar-refractivity contribution in [3.8, 4) is 0 Å². The number of likely N-dealkylation sites (N-methyl/N-ethyl adjacent to an activating group) is 1. The number of aryl methyl sites for hydroxylation is 1. The summed E-state index contributed by atoms with van der Waals surface area (Å²) in [6.07, 6.45) is 1.89. The van der Waals surface area contributed by atoms with Crippen LogP contribution in [0.25, 0.3) is 0 Å². The molecule has 2 rings (SSSR count). The van der Waals surface area contributed by atoms with Crippen LogP contribution in [0, 0.1) is 0 Å². The molecule has 1 fully saturated rings. The van der Waals surface area contributed by atoms with Crippen molar-refractivity contribution in [3.05, 3.63) is 11.9 Å². The summed E-state index contributed by atoms with van der Waals surface area (Å²) in [4.78, 5) is 14.1. The van der Waals surface area contributed by atoms with Crippen LogP contribution in [0.2, 0.25) is 0 Å². The predicted molar refractivity (Wildman–Crippen MR) is 66.8 cm³/mol. The Labute approximate surface area is 107 Å². The molecule has 1 amide bonds. The van der Waals surface area contributed by atoms with Gasteiger partial charge < -0.3 is 10.6 Å². The second-order valence-corrected chi connectivity index (χ2v) is 4.47. The Kier molecular flexibility index (Phi) is 4.27.